The number of allylic oxidation sites excluding steroid dienone is 4. The lowest BCUT2D eigenvalue weighted by atomic mass is 10.0. The van der Waals surface area contributed by atoms with Gasteiger partial charge in [-0.1, -0.05) is 141 Å². The molecule has 0 aliphatic heterocycles. The third-order valence-electron chi connectivity index (χ3n) is 8.25. The molecule has 0 amide bonds. The molecule has 0 bridgehead atoms. The molecule has 8 nitrogen and oxygen atoms in total. The van der Waals surface area contributed by atoms with E-state index in [9.17, 15) is 14.3 Å². The first-order valence-electron chi connectivity index (χ1n) is 19.6. The average molecular weight is 703 g/mol. The number of phosphoric acid groups is 1. The van der Waals surface area contributed by atoms with Gasteiger partial charge >= 0.3 is 13.8 Å². The van der Waals surface area contributed by atoms with Crippen LogP contribution < -0.4 is 0 Å². The van der Waals surface area contributed by atoms with Gasteiger partial charge in [0.25, 0.3) is 0 Å². The van der Waals surface area contributed by atoms with E-state index in [1.165, 1.54) is 77.0 Å². The number of quaternary nitrogens is 1. The highest BCUT2D eigenvalue weighted by atomic mass is 31.2. The summed E-state index contributed by atoms with van der Waals surface area (Å²) in [7, 11) is 1.66. The molecule has 0 aromatic rings. The van der Waals surface area contributed by atoms with E-state index < -0.39 is 13.9 Å². The normalized spacial score (nSPS) is 14.2. The van der Waals surface area contributed by atoms with E-state index >= 15 is 0 Å². The lowest BCUT2D eigenvalue weighted by molar-refractivity contribution is -0.870. The van der Waals surface area contributed by atoms with Crippen LogP contribution >= 0.6 is 7.82 Å². The molecule has 0 saturated carbocycles. The van der Waals surface area contributed by atoms with Crippen molar-refractivity contribution in [3.8, 4) is 0 Å². The zero-order valence-electron chi connectivity index (χ0n) is 32.0. The average Bonchev–Trinajstić information content (AvgIpc) is 3.03. The highest BCUT2D eigenvalue weighted by Gasteiger charge is 2.26. The van der Waals surface area contributed by atoms with Gasteiger partial charge in [0.15, 0.2) is 0 Å². The van der Waals surface area contributed by atoms with Crippen molar-refractivity contribution in [1.82, 2.24) is 0 Å². The summed E-state index contributed by atoms with van der Waals surface area (Å²) in [5, 5.41) is 0. The molecule has 9 heteroatoms. The topological polar surface area (TPSA) is 91.3 Å². The summed E-state index contributed by atoms with van der Waals surface area (Å²) in [6.07, 6.45) is 34.8. The van der Waals surface area contributed by atoms with Gasteiger partial charge in [-0.15, -0.1) is 0 Å². The molecule has 284 valence electrons. The second-order valence-corrected chi connectivity index (χ2v) is 15.8. The molecule has 0 aliphatic carbocycles. The Morgan fingerprint density at radius 2 is 1.19 bits per heavy atom. The van der Waals surface area contributed by atoms with Crippen LogP contribution in [0, 0.1) is 0 Å². The Balaban J connectivity index is 4.31. The van der Waals surface area contributed by atoms with Gasteiger partial charge in [-0.3, -0.25) is 13.8 Å². The summed E-state index contributed by atoms with van der Waals surface area (Å²) in [6, 6.07) is 0. The van der Waals surface area contributed by atoms with Gasteiger partial charge in [0, 0.05) is 13.0 Å². The number of esters is 1. The minimum atomic E-state index is -4.27. The monoisotopic (exact) mass is 703 g/mol. The van der Waals surface area contributed by atoms with E-state index in [2.05, 4.69) is 38.2 Å². The second kappa shape index (κ2) is 33.1. The van der Waals surface area contributed by atoms with Crippen molar-refractivity contribution < 1.29 is 37.3 Å². The minimum Gasteiger partial charge on any atom is -0.457 e. The lowest BCUT2D eigenvalue weighted by Gasteiger charge is -2.24. The number of unbranched alkanes of at least 4 members (excludes halogenated alkanes) is 18. The molecule has 0 heterocycles. The predicted molar refractivity (Wildman–Crippen MR) is 201 cm³/mol. The molecule has 0 aromatic carbocycles. The van der Waals surface area contributed by atoms with E-state index in [0.717, 1.165) is 64.2 Å². The summed E-state index contributed by atoms with van der Waals surface area (Å²) in [5.41, 5.74) is 0. The molecule has 0 fully saturated rings. The van der Waals surface area contributed by atoms with Crippen LogP contribution in [-0.4, -0.2) is 75.6 Å². The summed E-state index contributed by atoms with van der Waals surface area (Å²) in [5.74, 6) is -0.328. The summed E-state index contributed by atoms with van der Waals surface area (Å²) < 4.78 is 34.8. The maximum Gasteiger partial charge on any atom is 0.472 e. The molecular weight excluding hydrogens is 625 g/mol. The predicted octanol–water partition coefficient (Wildman–Crippen LogP) is 10.9. The Morgan fingerprint density at radius 1 is 0.646 bits per heavy atom. The third-order valence-corrected chi connectivity index (χ3v) is 9.23. The van der Waals surface area contributed by atoms with Gasteiger partial charge in [-0.2, -0.15) is 0 Å². The molecular formula is C39H77NO7P+. The number of ether oxygens (including phenoxy) is 2. The summed E-state index contributed by atoms with van der Waals surface area (Å²) in [6.45, 7) is 5.54. The van der Waals surface area contributed by atoms with Crippen molar-refractivity contribution in [1.29, 1.82) is 0 Å². The first kappa shape index (κ1) is 47.0. The molecule has 0 aliphatic rings. The molecule has 2 unspecified atom stereocenters. The SMILES string of the molecule is CCC/C=C\C/C=C\CCCCCCCC(=O)OC(COCCCCCCCCCCCCCCC)COP(=O)(O)OCC[N+](C)(C)C. The zero-order chi connectivity index (χ0) is 35.6. The Bertz CT molecular complexity index is 828. The number of carbonyl (C=O) groups is 1. The number of likely N-dealkylation sites (N-methyl/N-ethyl adjacent to an activating group) is 1. The smallest absolute Gasteiger partial charge is 0.457 e. The molecule has 0 spiro atoms. The fourth-order valence-electron chi connectivity index (χ4n) is 5.18. The Hall–Kier alpha value is -1.02. The van der Waals surface area contributed by atoms with Crippen LogP contribution in [0.25, 0.3) is 0 Å². The van der Waals surface area contributed by atoms with Crippen LogP contribution in [0.5, 0.6) is 0 Å². The molecule has 2 atom stereocenters. The number of phosphoric ester groups is 1. The van der Waals surface area contributed by atoms with Crippen LogP contribution in [0.2, 0.25) is 0 Å². The number of hydrogen-bond donors (Lipinski definition) is 1. The maximum atomic E-state index is 12.6. The number of carbonyl (C=O) groups excluding carboxylic acids is 1. The van der Waals surface area contributed by atoms with Crippen molar-refractivity contribution in [3.63, 3.8) is 0 Å². The quantitative estimate of drug-likeness (QED) is 0.0228. The standard InChI is InChI=1S/C39H76NO7P/c1-6-8-10-12-14-16-18-20-22-24-26-28-30-32-39(41)47-38(37-46-48(42,43)45-35-33-40(3,4)5)36-44-34-31-29-27-25-23-21-19-17-15-13-11-9-7-2/h10,12,16,18,38H,6-9,11,13-15,17,19-37H2,1-5H3/p+1/b12-10-,18-16-. The van der Waals surface area contributed by atoms with Crippen LogP contribution in [0.4, 0.5) is 0 Å². The third kappa shape index (κ3) is 36.3. The van der Waals surface area contributed by atoms with E-state index in [1.54, 1.807) is 0 Å². The molecule has 48 heavy (non-hydrogen) atoms. The number of nitrogens with zero attached hydrogens (tertiary/aromatic N) is 1. The number of hydrogen-bond acceptors (Lipinski definition) is 6. The first-order valence-corrected chi connectivity index (χ1v) is 21.1. The maximum absolute atomic E-state index is 12.6. The van der Waals surface area contributed by atoms with Crippen molar-refractivity contribution in [3.05, 3.63) is 24.3 Å². The highest BCUT2D eigenvalue weighted by molar-refractivity contribution is 7.47. The van der Waals surface area contributed by atoms with Crippen LogP contribution in [0.1, 0.15) is 162 Å². The van der Waals surface area contributed by atoms with Gasteiger partial charge in [0.05, 0.1) is 34.4 Å². The van der Waals surface area contributed by atoms with Gasteiger partial charge in [0.2, 0.25) is 0 Å². The summed E-state index contributed by atoms with van der Waals surface area (Å²) >= 11 is 0. The van der Waals surface area contributed by atoms with Crippen molar-refractivity contribution >= 4 is 13.8 Å². The van der Waals surface area contributed by atoms with E-state index in [4.69, 9.17) is 18.5 Å². The molecule has 1 N–H and O–H groups in total. The van der Waals surface area contributed by atoms with Crippen LogP contribution in [0.3, 0.4) is 0 Å². The lowest BCUT2D eigenvalue weighted by Crippen LogP contribution is -2.37. The fourth-order valence-corrected chi connectivity index (χ4v) is 5.92. The van der Waals surface area contributed by atoms with Gasteiger partial charge in [-0.25, -0.2) is 4.57 Å². The van der Waals surface area contributed by atoms with Crippen molar-refractivity contribution in [2.45, 2.75) is 168 Å². The molecule has 0 rings (SSSR count). The van der Waals surface area contributed by atoms with Crippen LogP contribution in [-0.2, 0) is 27.9 Å². The fraction of sp³-hybridized carbons (Fsp3) is 0.872. The largest absolute Gasteiger partial charge is 0.472 e. The number of rotatable bonds is 36. The van der Waals surface area contributed by atoms with Gasteiger partial charge in [0.1, 0.15) is 19.3 Å². The van der Waals surface area contributed by atoms with Crippen LogP contribution in [0.15, 0.2) is 24.3 Å². The van der Waals surface area contributed by atoms with E-state index in [1.807, 2.05) is 21.1 Å². The Labute approximate surface area is 296 Å². The molecule has 0 saturated heterocycles. The zero-order valence-corrected chi connectivity index (χ0v) is 32.9. The van der Waals surface area contributed by atoms with E-state index in [0.29, 0.717) is 24.1 Å². The Morgan fingerprint density at radius 3 is 1.77 bits per heavy atom. The summed E-state index contributed by atoms with van der Waals surface area (Å²) in [4.78, 5) is 22.8. The van der Waals surface area contributed by atoms with Gasteiger partial charge in [-0.05, 0) is 38.5 Å². The van der Waals surface area contributed by atoms with E-state index in [-0.39, 0.29) is 25.8 Å². The molecule has 0 aromatic heterocycles. The van der Waals surface area contributed by atoms with Gasteiger partial charge < -0.3 is 18.9 Å². The second-order valence-electron chi connectivity index (χ2n) is 14.3. The van der Waals surface area contributed by atoms with Crippen molar-refractivity contribution in [2.75, 3.05) is 54.1 Å². The molecule has 0 radical (unpaired) electrons. The van der Waals surface area contributed by atoms with Crippen molar-refractivity contribution in [2.24, 2.45) is 0 Å². The highest BCUT2D eigenvalue weighted by Crippen LogP contribution is 2.43. The minimum absolute atomic E-state index is 0.0873. The first-order chi connectivity index (χ1) is 23.1. The Kier molecular flexibility index (Phi) is 32.4.